The summed E-state index contributed by atoms with van der Waals surface area (Å²) in [5.74, 6) is 0.496. The number of hydrogen-bond donors (Lipinski definition) is 2. The highest BCUT2D eigenvalue weighted by molar-refractivity contribution is 6.34. The Labute approximate surface area is 161 Å². The first-order valence-electron chi connectivity index (χ1n) is 8.86. The molecule has 138 valence electrons. The van der Waals surface area contributed by atoms with Gasteiger partial charge in [-0.1, -0.05) is 23.7 Å². The topological polar surface area (TPSA) is 90.1 Å². The largest absolute Gasteiger partial charge is 0.477 e. The third-order valence-corrected chi connectivity index (χ3v) is 4.73. The molecule has 2 aromatic carbocycles. The highest BCUT2D eigenvalue weighted by Crippen LogP contribution is 2.31. The number of halogens is 1. The van der Waals surface area contributed by atoms with Crippen molar-refractivity contribution in [1.82, 2.24) is 15.3 Å². The van der Waals surface area contributed by atoms with E-state index in [9.17, 15) is 4.79 Å². The Hall–Kier alpha value is -2.86. The molecule has 3 aromatic rings. The summed E-state index contributed by atoms with van der Waals surface area (Å²) in [6.07, 6.45) is 2.07. The number of carbonyl (C=O) groups excluding carboxylic acids is 1. The molecule has 1 fully saturated rings. The number of ether oxygens (including phenoxy) is 1. The van der Waals surface area contributed by atoms with Crippen molar-refractivity contribution in [1.29, 1.82) is 0 Å². The van der Waals surface area contributed by atoms with Gasteiger partial charge in [0.15, 0.2) is 0 Å². The van der Waals surface area contributed by atoms with Crippen LogP contribution in [0.5, 0.6) is 5.88 Å². The van der Waals surface area contributed by atoms with Crippen LogP contribution < -0.4 is 15.8 Å². The fourth-order valence-electron chi connectivity index (χ4n) is 2.91. The molecule has 4 rings (SSSR count). The predicted octanol–water partition coefficient (Wildman–Crippen LogP) is 3.82. The molecule has 0 bridgehead atoms. The molecule has 1 amide bonds. The summed E-state index contributed by atoms with van der Waals surface area (Å²) in [7, 11) is 0. The number of aromatic nitrogens is 2. The van der Waals surface area contributed by atoms with Crippen LogP contribution in [0.2, 0.25) is 5.02 Å². The molecule has 0 saturated heterocycles. The van der Waals surface area contributed by atoms with Crippen LogP contribution in [-0.4, -0.2) is 28.5 Å². The van der Waals surface area contributed by atoms with Gasteiger partial charge >= 0.3 is 0 Å². The molecule has 1 heterocycles. The molecule has 1 aliphatic carbocycles. The van der Waals surface area contributed by atoms with Crippen LogP contribution in [0.1, 0.15) is 30.1 Å². The van der Waals surface area contributed by atoms with E-state index in [1.54, 1.807) is 12.1 Å². The fraction of sp³-hybridized carbons (Fsp3) is 0.250. The van der Waals surface area contributed by atoms with Gasteiger partial charge in [0.1, 0.15) is 0 Å². The maximum atomic E-state index is 12.2. The maximum absolute atomic E-state index is 12.2. The summed E-state index contributed by atoms with van der Waals surface area (Å²) >= 11 is 6.37. The summed E-state index contributed by atoms with van der Waals surface area (Å²) < 4.78 is 5.60. The number of carbonyl (C=O) groups is 1. The molecule has 0 unspecified atom stereocenters. The number of rotatable bonds is 5. The molecule has 0 aliphatic heterocycles. The van der Waals surface area contributed by atoms with E-state index >= 15 is 0 Å². The molecule has 27 heavy (non-hydrogen) atoms. The van der Waals surface area contributed by atoms with E-state index in [4.69, 9.17) is 22.1 Å². The van der Waals surface area contributed by atoms with Gasteiger partial charge in [0.05, 0.1) is 28.1 Å². The molecule has 1 aromatic heterocycles. The highest BCUT2D eigenvalue weighted by atomic mass is 35.5. The van der Waals surface area contributed by atoms with Crippen molar-refractivity contribution in [2.24, 2.45) is 0 Å². The predicted molar refractivity (Wildman–Crippen MR) is 106 cm³/mol. The van der Waals surface area contributed by atoms with Crippen molar-refractivity contribution in [2.75, 3.05) is 12.3 Å². The van der Waals surface area contributed by atoms with Crippen molar-refractivity contribution in [3.8, 4) is 17.0 Å². The first-order valence-corrected chi connectivity index (χ1v) is 9.24. The van der Waals surface area contributed by atoms with Crippen LogP contribution in [-0.2, 0) is 0 Å². The fourth-order valence-corrected chi connectivity index (χ4v) is 3.18. The first kappa shape index (κ1) is 17.5. The Kier molecular flexibility index (Phi) is 4.58. The number of nitrogen functional groups attached to an aromatic ring is 1. The van der Waals surface area contributed by atoms with Gasteiger partial charge in [-0.15, -0.1) is 0 Å². The summed E-state index contributed by atoms with van der Waals surface area (Å²) in [4.78, 5) is 20.7. The lowest BCUT2D eigenvalue weighted by molar-refractivity contribution is 0.0951. The minimum atomic E-state index is -0.130. The lowest BCUT2D eigenvalue weighted by Gasteiger charge is -2.10. The summed E-state index contributed by atoms with van der Waals surface area (Å²) in [5.41, 5.74) is 8.76. The van der Waals surface area contributed by atoms with Gasteiger partial charge < -0.3 is 15.8 Å². The number of nitrogens with one attached hydrogen (secondary N) is 1. The van der Waals surface area contributed by atoms with Gasteiger partial charge in [-0.3, -0.25) is 4.79 Å². The second-order valence-electron chi connectivity index (χ2n) is 6.49. The number of hydrogen-bond acceptors (Lipinski definition) is 5. The van der Waals surface area contributed by atoms with E-state index in [0.29, 0.717) is 28.6 Å². The lowest BCUT2D eigenvalue weighted by atomic mass is 10.0. The third kappa shape index (κ3) is 3.66. The lowest BCUT2D eigenvalue weighted by Crippen LogP contribution is -2.25. The van der Waals surface area contributed by atoms with E-state index in [0.717, 1.165) is 29.4 Å². The van der Waals surface area contributed by atoms with Crippen molar-refractivity contribution in [2.45, 2.75) is 25.8 Å². The summed E-state index contributed by atoms with van der Waals surface area (Å²) in [6.45, 7) is 2.37. The SMILES string of the molecule is CCOc1nc(N)nc2ccc(-c3ccc(C(=O)NC4CC4)c(Cl)c3)cc12. The minimum Gasteiger partial charge on any atom is -0.477 e. The van der Waals surface area contributed by atoms with Crippen molar-refractivity contribution in [3.63, 3.8) is 0 Å². The molecule has 0 spiro atoms. The van der Waals surface area contributed by atoms with Crippen molar-refractivity contribution >= 4 is 34.4 Å². The van der Waals surface area contributed by atoms with E-state index in [2.05, 4.69) is 15.3 Å². The Morgan fingerprint density at radius 1 is 1.22 bits per heavy atom. The molecule has 1 saturated carbocycles. The third-order valence-electron chi connectivity index (χ3n) is 4.42. The summed E-state index contributed by atoms with van der Waals surface area (Å²) in [5, 5.41) is 4.15. The van der Waals surface area contributed by atoms with Crippen LogP contribution in [0.4, 0.5) is 5.95 Å². The van der Waals surface area contributed by atoms with Crippen LogP contribution in [0.25, 0.3) is 22.0 Å². The first-order chi connectivity index (χ1) is 13.0. The van der Waals surface area contributed by atoms with Gasteiger partial charge in [0.2, 0.25) is 11.8 Å². The zero-order valence-electron chi connectivity index (χ0n) is 14.8. The van der Waals surface area contributed by atoms with Gasteiger partial charge in [0.25, 0.3) is 5.91 Å². The van der Waals surface area contributed by atoms with Gasteiger partial charge in [0, 0.05) is 6.04 Å². The molecule has 7 heteroatoms. The number of nitrogens with zero attached hydrogens (tertiary/aromatic N) is 2. The number of fused-ring (bicyclic) bond motifs is 1. The standard InChI is InChI=1S/C20H19ClN4O2/c1-2-27-19-15-9-11(4-8-17(15)24-20(22)25-19)12-3-7-14(16(21)10-12)18(26)23-13-5-6-13/h3-4,7-10,13H,2,5-6H2,1H3,(H,23,26)(H2,22,24,25). The normalized spacial score (nSPS) is 13.6. The minimum absolute atomic E-state index is 0.130. The molecular formula is C20H19ClN4O2. The zero-order valence-corrected chi connectivity index (χ0v) is 15.6. The second kappa shape index (κ2) is 7.04. The van der Waals surface area contributed by atoms with E-state index in [-0.39, 0.29) is 17.9 Å². The van der Waals surface area contributed by atoms with Gasteiger partial charge in [-0.05, 0) is 55.2 Å². The van der Waals surface area contributed by atoms with E-state index in [1.807, 2.05) is 31.2 Å². The number of nitrogens with two attached hydrogens (primary N) is 1. The van der Waals surface area contributed by atoms with E-state index in [1.165, 1.54) is 0 Å². The molecule has 6 nitrogen and oxygen atoms in total. The average molecular weight is 383 g/mol. The van der Waals surface area contributed by atoms with Crippen molar-refractivity contribution < 1.29 is 9.53 Å². The van der Waals surface area contributed by atoms with Crippen LogP contribution in [0, 0.1) is 0 Å². The average Bonchev–Trinajstić information content (AvgIpc) is 3.45. The Balaban J connectivity index is 1.71. The molecule has 0 atom stereocenters. The Morgan fingerprint density at radius 2 is 1.96 bits per heavy atom. The van der Waals surface area contributed by atoms with Crippen LogP contribution in [0.3, 0.4) is 0 Å². The monoisotopic (exact) mass is 382 g/mol. The Bertz CT molecular complexity index is 1030. The van der Waals surface area contributed by atoms with Crippen molar-refractivity contribution in [3.05, 3.63) is 47.0 Å². The molecule has 1 aliphatic rings. The Morgan fingerprint density at radius 3 is 2.67 bits per heavy atom. The second-order valence-corrected chi connectivity index (χ2v) is 6.90. The molecule has 3 N–H and O–H groups in total. The molecule has 0 radical (unpaired) electrons. The number of benzene rings is 2. The van der Waals surface area contributed by atoms with Crippen LogP contribution in [0.15, 0.2) is 36.4 Å². The summed E-state index contributed by atoms with van der Waals surface area (Å²) in [6, 6.07) is 11.5. The number of anilines is 1. The number of amides is 1. The maximum Gasteiger partial charge on any atom is 0.253 e. The zero-order chi connectivity index (χ0) is 19.0. The molecular weight excluding hydrogens is 364 g/mol. The van der Waals surface area contributed by atoms with Gasteiger partial charge in [-0.25, -0.2) is 4.98 Å². The smallest absolute Gasteiger partial charge is 0.253 e. The van der Waals surface area contributed by atoms with Gasteiger partial charge in [-0.2, -0.15) is 4.98 Å². The van der Waals surface area contributed by atoms with E-state index < -0.39 is 0 Å². The van der Waals surface area contributed by atoms with Crippen LogP contribution >= 0.6 is 11.6 Å². The highest BCUT2D eigenvalue weighted by Gasteiger charge is 2.24. The quantitative estimate of drug-likeness (QED) is 0.700.